The molecular formula is C15H15Cl2N3O3S2. The first-order valence-electron chi connectivity index (χ1n) is 7.49. The molecule has 25 heavy (non-hydrogen) atoms. The molecule has 2 heterocycles. The molecule has 0 atom stereocenters. The standard InChI is InChI=1S/C15H15Cl2N3O3S2/c16-13-9-12(14(17)24-13)25(22,23)19-11-6-2-1-5-10(11)18-15(21)20-7-3-4-8-20/h1-2,5-6,9,19H,3-4,7-8H2,(H,18,21). The first kappa shape index (κ1) is 18.3. The summed E-state index contributed by atoms with van der Waals surface area (Å²) in [6, 6.07) is 7.63. The molecule has 2 N–H and O–H groups in total. The summed E-state index contributed by atoms with van der Waals surface area (Å²) >= 11 is 12.7. The van der Waals surface area contributed by atoms with Crippen molar-refractivity contribution in [3.8, 4) is 0 Å². The van der Waals surface area contributed by atoms with Crippen LogP contribution in [0.2, 0.25) is 8.67 Å². The predicted molar refractivity (Wildman–Crippen MR) is 101 cm³/mol. The van der Waals surface area contributed by atoms with Crippen LogP contribution in [0, 0.1) is 0 Å². The Morgan fingerprint density at radius 3 is 2.36 bits per heavy atom. The number of benzene rings is 1. The quantitative estimate of drug-likeness (QED) is 0.766. The molecule has 0 spiro atoms. The molecule has 0 saturated carbocycles. The van der Waals surface area contributed by atoms with E-state index < -0.39 is 10.0 Å². The number of anilines is 2. The van der Waals surface area contributed by atoms with Gasteiger partial charge in [0.25, 0.3) is 10.0 Å². The second-order valence-electron chi connectivity index (χ2n) is 5.46. The lowest BCUT2D eigenvalue weighted by atomic mass is 10.3. The van der Waals surface area contributed by atoms with E-state index in [-0.39, 0.29) is 25.3 Å². The van der Waals surface area contributed by atoms with Gasteiger partial charge in [-0.2, -0.15) is 0 Å². The highest BCUT2D eigenvalue weighted by Gasteiger charge is 2.23. The Kier molecular flexibility index (Phi) is 5.43. The van der Waals surface area contributed by atoms with Crippen LogP contribution in [0.1, 0.15) is 12.8 Å². The SMILES string of the molecule is O=C(Nc1ccccc1NS(=O)(=O)c1cc(Cl)sc1Cl)N1CCCC1. The molecule has 1 aromatic heterocycles. The van der Waals surface area contributed by atoms with Crippen LogP contribution >= 0.6 is 34.5 Å². The molecule has 0 bridgehead atoms. The summed E-state index contributed by atoms with van der Waals surface area (Å²) in [4.78, 5) is 13.9. The van der Waals surface area contributed by atoms with E-state index in [4.69, 9.17) is 23.2 Å². The fourth-order valence-corrected chi connectivity index (χ4v) is 5.73. The first-order valence-corrected chi connectivity index (χ1v) is 10.5. The normalized spacial score (nSPS) is 14.6. The molecule has 134 valence electrons. The molecule has 3 rings (SSSR count). The van der Waals surface area contributed by atoms with E-state index in [1.807, 2.05) is 0 Å². The van der Waals surface area contributed by atoms with Crippen LogP contribution in [0.4, 0.5) is 16.2 Å². The lowest BCUT2D eigenvalue weighted by Crippen LogP contribution is -2.32. The van der Waals surface area contributed by atoms with Crippen molar-refractivity contribution in [3.05, 3.63) is 39.0 Å². The second-order valence-corrected chi connectivity index (χ2v) is 9.40. The van der Waals surface area contributed by atoms with Crippen LogP contribution in [0.15, 0.2) is 35.2 Å². The molecule has 1 aliphatic rings. The molecule has 1 saturated heterocycles. The predicted octanol–water partition coefficient (Wildman–Crippen LogP) is 4.48. The summed E-state index contributed by atoms with van der Waals surface area (Å²) in [6.07, 6.45) is 1.94. The van der Waals surface area contributed by atoms with Gasteiger partial charge in [0.15, 0.2) is 0 Å². The van der Waals surface area contributed by atoms with E-state index in [1.165, 1.54) is 6.07 Å². The molecule has 1 aliphatic heterocycles. The van der Waals surface area contributed by atoms with Gasteiger partial charge in [0.05, 0.1) is 15.7 Å². The van der Waals surface area contributed by atoms with Crippen molar-refractivity contribution in [3.63, 3.8) is 0 Å². The Balaban J connectivity index is 1.83. The zero-order valence-electron chi connectivity index (χ0n) is 13.0. The van der Waals surface area contributed by atoms with Crippen LogP contribution in [0.25, 0.3) is 0 Å². The molecule has 2 amide bonds. The number of nitrogens with zero attached hydrogens (tertiary/aromatic N) is 1. The maximum atomic E-state index is 12.6. The maximum absolute atomic E-state index is 12.6. The largest absolute Gasteiger partial charge is 0.325 e. The van der Waals surface area contributed by atoms with Crippen molar-refractivity contribution in [2.45, 2.75) is 17.7 Å². The van der Waals surface area contributed by atoms with Crippen LogP contribution < -0.4 is 10.0 Å². The van der Waals surface area contributed by atoms with Crippen molar-refractivity contribution in [1.29, 1.82) is 0 Å². The van der Waals surface area contributed by atoms with Gasteiger partial charge in [0.1, 0.15) is 9.23 Å². The third-order valence-electron chi connectivity index (χ3n) is 3.72. The van der Waals surface area contributed by atoms with E-state index in [0.29, 0.717) is 18.8 Å². The van der Waals surface area contributed by atoms with Gasteiger partial charge in [-0.3, -0.25) is 4.72 Å². The average Bonchev–Trinajstić information content (AvgIpc) is 3.19. The molecule has 0 aliphatic carbocycles. The number of hydrogen-bond donors (Lipinski definition) is 2. The number of para-hydroxylation sites is 2. The van der Waals surface area contributed by atoms with Gasteiger partial charge in [-0.25, -0.2) is 13.2 Å². The smallest absolute Gasteiger partial charge is 0.321 e. The van der Waals surface area contributed by atoms with Crippen LogP contribution in [0.3, 0.4) is 0 Å². The lowest BCUT2D eigenvalue weighted by molar-refractivity contribution is 0.222. The molecule has 2 aromatic rings. The number of nitrogens with one attached hydrogen (secondary N) is 2. The number of urea groups is 1. The highest BCUT2D eigenvalue weighted by atomic mass is 35.5. The van der Waals surface area contributed by atoms with Gasteiger partial charge in [-0.1, -0.05) is 35.3 Å². The van der Waals surface area contributed by atoms with E-state index >= 15 is 0 Å². The van der Waals surface area contributed by atoms with Crippen molar-refractivity contribution in [2.75, 3.05) is 23.1 Å². The van der Waals surface area contributed by atoms with Gasteiger partial charge in [0.2, 0.25) is 0 Å². The van der Waals surface area contributed by atoms with Gasteiger partial charge in [-0.05, 0) is 31.0 Å². The Bertz CT molecular complexity index is 893. The molecule has 6 nitrogen and oxygen atoms in total. The van der Waals surface area contributed by atoms with Gasteiger partial charge in [-0.15, -0.1) is 11.3 Å². The Hall–Kier alpha value is -1.48. The number of sulfonamides is 1. The summed E-state index contributed by atoms with van der Waals surface area (Å²) in [5.74, 6) is 0. The number of carbonyl (C=O) groups is 1. The number of thiophene rings is 1. The average molecular weight is 420 g/mol. The number of carbonyl (C=O) groups excluding carboxylic acids is 1. The van der Waals surface area contributed by atoms with E-state index in [1.54, 1.807) is 29.2 Å². The zero-order valence-corrected chi connectivity index (χ0v) is 16.1. The second kappa shape index (κ2) is 7.41. The third kappa shape index (κ3) is 4.20. The zero-order chi connectivity index (χ0) is 18.0. The Labute approximate surface area is 159 Å². The van der Waals surface area contributed by atoms with Crippen molar-refractivity contribution in [2.24, 2.45) is 0 Å². The summed E-state index contributed by atoms with van der Waals surface area (Å²) in [5, 5.41) is 2.75. The number of likely N-dealkylation sites (tertiary alicyclic amines) is 1. The molecule has 10 heteroatoms. The Morgan fingerprint density at radius 1 is 1.12 bits per heavy atom. The molecule has 0 unspecified atom stereocenters. The fourth-order valence-electron chi connectivity index (χ4n) is 2.50. The van der Waals surface area contributed by atoms with E-state index in [0.717, 1.165) is 24.2 Å². The molecule has 0 radical (unpaired) electrons. The molecule has 1 fully saturated rings. The monoisotopic (exact) mass is 419 g/mol. The first-order chi connectivity index (χ1) is 11.9. The lowest BCUT2D eigenvalue weighted by Gasteiger charge is -2.18. The highest BCUT2D eigenvalue weighted by molar-refractivity contribution is 7.93. The van der Waals surface area contributed by atoms with Crippen LogP contribution in [-0.4, -0.2) is 32.4 Å². The third-order valence-corrected chi connectivity index (χ3v) is 6.84. The van der Waals surface area contributed by atoms with Crippen molar-refractivity contribution in [1.82, 2.24) is 4.90 Å². The minimum absolute atomic E-state index is 0.0797. The van der Waals surface area contributed by atoms with E-state index in [2.05, 4.69) is 10.0 Å². The summed E-state index contributed by atoms with van der Waals surface area (Å²) in [6.45, 7) is 1.39. The summed E-state index contributed by atoms with van der Waals surface area (Å²) < 4.78 is 27.9. The number of hydrogen-bond acceptors (Lipinski definition) is 4. The Morgan fingerprint density at radius 2 is 1.76 bits per heavy atom. The maximum Gasteiger partial charge on any atom is 0.321 e. The number of rotatable bonds is 4. The number of halogens is 2. The summed E-state index contributed by atoms with van der Waals surface area (Å²) in [7, 11) is -3.92. The minimum Gasteiger partial charge on any atom is -0.325 e. The van der Waals surface area contributed by atoms with Crippen LogP contribution in [0.5, 0.6) is 0 Å². The summed E-state index contributed by atoms with van der Waals surface area (Å²) in [5.41, 5.74) is 0.633. The van der Waals surface area contributed by atoms with E-state index in [9.17, 15) is 13.2 Å². The highest BCUT2D eigenvalue weighted by Crippen LogP contribution is 2.36. The van der Waals surface area contributed by atoms with Crippen LogP contribution in [-0.2, 0) is 10.0 Å². The van der Waals surface area contributed by atoms with Gasteiger partial charge >= 0.3 is 6.03 Å². The van der Waals surface area contributed by atoms with Crippen molar-refractivity contribution < 1.29 is 13.2 Å². The van der Waals surface area contributed by atoms with Crippen molar-refractivity contribution >= 4 is 62.0 Å². The molecule has 1 aromatic carbocycles. The van der Waals surface area contributed by atoms with Gasteiger partial charge < -0.3 is 10.2 Å². The minimum atomic E-state index is -3.92. The fraction of sp³-hybridized carbons (Fsp3) is 0.267. The number of amides is 2. The van der Waals surface area contributed by atoms with Gasteiger partial charge in [0, 0.05) is 13.1 Å². The topological polar surface area (TPSA) is 78.5 Å². The molecular weight excluding hydrogens is 405 g/mol.